The van der Waals surface area contributed by atoms with Gasteiger partial charge in [-0.2, -0.15) is 0 Å². The zero-order valence-electron chi connectivity index (χ0n) is 13.7. The molecule has 3 heteroatoms. The molecule has 0 aliphatic heterocycles. The van der Waals surface area contributed by atoms with Crippen LogP contribution in [-0.2, 0) is 9.53 Å². The summed E-state index contributed by atoms with van der Waals surface area (Å²) in [7, 11) is 1.51. The number of carbonyl (C=O) groups is 1. The Labute approximate surface area is 128 Å². The second-order valence-electron chi connectivity index (χ2n) is 8.37. The van der Waals surface area contributed by atoms with Crippen molar-refractivity contribution >= 4 is 5.97 Å². The third-order valence-corrected chi connectivity index (χ3v) is 7.21. The number of esters is 1. The van der Waals surface area contributed by atoms with Crippen LogP contribution in [0.2, 0.25) is 0 Å². The zero-order valence-corrected chi connectivity index (χ0v) is 13.7. The number of carbonyl (C=O) groups excluding carboxylic acids is 1. The van der Waals surface area contributed by atoms with Gasteiger partial charge in [-0.1, -0.05) is 6.92 Å². The minimum absolute atomic E-state index is 0.0210. The molecule has 3 nitrogen and oxygen atoms in total. The lowest BCUT2D eigenvalue weighted by atomic mass is 9.47. The molecule has 0 bridgehead atoms. The maximum absolute atomic E-state index is 12.1. The van der Waals surface area contributed by atoms with Crippen LogP contribution in [0.4, 0.5) is 0 Å². The Kier molecular flexibility index (Phi) is 3.84. The molecule has 1 N–H and O–H groups in total. The van der Waals surface area contributed by atoms with Crippen LogP contribution in [-0.4, -0.2) is 24.3 Å². The van der Waals surface area contributed by atoms with E-state index in [9.17, 15) is 9.90 Å². The number of hydrogen-bond donors (Lipinski definition) is 1. The normalized spacial score (nSPS) is 49.9. The highest BCUT2D eigenvalue weighted by molar-refractivity contribution is 5.76. The maximum Gasteiger partial charge on any atom is 0.311 e. The van der Waals surface area contributed by atoms with Gasteiger partial charge in [-0.05, 0) is 81.5 Å². The van der Waals surface area contributed by atoms with Crippen LogP contribution in [0.25, 0.3) is 0 Å². The van der Waals surface area contributed by atoms with E-state index in [1.54, 1.807) is 0 Å². The highest BCUT2D eigenvalue weighted by atomic mass is 16.5. The summed E-state index contributed by atoms with van der Waals surface area (Å²) in [5.74, 6) is 2.07. The summed E-state index contributed by atoms with van der Waals surface area (Å²) in [6.07, 6.45) is 8.60. The van der Waals surface area contributed by atoms with Crippen molar-refractivity contribution in [2.45, 2.75) is 71.3 Å². The lowest BCUT2D eigenvalue weighted by Gasteiger charge is -2.58. The molecule has 120 valence electrons. The molecule has 0 aromatic heterocycles. The number of hydrogen-bond acceptors (Lipinski definition) is 3. The van der Waals surface area contributed by atoms with Gasteiger partial charge in [0.25, 0.3) is 0 Å². The molecule has 0 aromatic rings. The predicted molar refractivity (Wildman–Crippen MR) is 81.6 cm³/mol. The van der Waals surface area contributed by atoms with Crippen LogP contribution >= 0.6 is 0 Å². The van der Waals surface area contributed by atoms with E-state index >= 15 is 0 Å². The molecule has 3 fully saturated rings. The Morgan fingerprint density at radius 2 is 1.90 bits per heavy atom. The topological polar surface area (TPSA) is 46.5 Å². The largest absolute Gasteiger partial charge is 0.469 e. The first-order chi connectivity index (χ1) is 9.89. The third-order valence-electron chi connectivity index (χ3n) is 7.21. The van der Waals surface area contributed by atoms with E-state index in [4.69, 9.17) is 4.74 Å². The predicted octanol–water partition coefficient (Wildman–Crippen LogP) is 3.54. The van der Waals surface area contributed by atoms with Gasteiger partial charge < -0.3 is 9.84 Å². The lowest BCUT2D eigenvalue weighted by molar-refractivity contribution is -0.161. The summed E-state index contributed by atoms with van der Waals surface area (Å²) in [4.78, 5) is 12.1. The highest BCUT2D eigenvalue weighted by Crippen LogP contribution is 2.61. The molecular weight excluding hydrogens is 264 g/mol. The van der Waals surface area contributed by atoms with Crippen molar-refractivity contribution < 1.29 is 14.6 Å². The lowest BCUT2D eigenvalue weighted by Crippen LogP contribution is -2.51. The monoisotopic (exact) mass is 294 g/mol. The van der Waals surface area contributed by atoms with Crippen molar-refractivity contribution in [3.05, 3.63) is 0 Å². The van der Waals surface area contributed by atoms with Crippen LogP contribution < -0.4 is 0 Å². The fourth-order valence-corrected chi connectivity index (χ4v) is 5.88. The van der Waals surface area contributed by atoms with Gasteiger partial charge in [0.1, 0.15) is 0 Å². The summed E-state index contributed by atoms with van der Waals surface area (Å²) in [6.45, 7) is 4.55. The molecule has 0 saturated heterocycles. The first-order valence-electron chi connectivity index (χ1n) is 8.65. The average molecular weight is 294 g/mol. The van der Waals surface area contributed by atoms with Crippen molar-refractivity contribution in [1.29, 1.82) is 0 Å². The summed E-state index contributed by atoms with van der Waals surface area (Å²) in [5, 5.41) is 9.99. The first-order valence-corrected chi connectivity index (χ1v) is 8.65. The number of rotatable bonds is 1. The highest BCUT2D eigenvalue weighted by Gasteiger charge is 2.54. The standard InChI is InChI=1S/C18H30O3/c1-17(16(20)21-3)8-7-15-12(11-17)4-5-13-10-14(19)6-9-18(13,15)2/h12-15,19H,4-11H2,1-3H3/t12?,13-,14+,15?,17-,18-/m0/s1. The third kappa shape index (κ3) is 2.42. The van der Waals surface area contributed by atoms with Gasteiger partial charge in [0, 0.05) is 0 Å². The first kappa shape index (κ1) is 15.3. The van der Waals surface area contributed by atoms with Crippen LogP contribution in [0.3, 0.4) is 0 Å². The molecule has 6 atom stereocenters. The fourth-order valence-electron chi connectivity index (χ4n) is 5.88. The van der Waals surface area contributed by atoms with Crippen LogP contribution in [0.5, 0.6) is 0 Å². The van der Waals surface area contributed by atoms with Crippen LogP contribution in [0.15, 0.2) is 0 Å². The summed E-state index contributed by atoms with van der Waals surface area (Å²) in [6, 6.07) is 0. The zero-order chi connectivity index (χ0) is 15.3. The molecule has 0 radical (unpaired) electrons. The second-order valence-corrected chi connectivity index (χ2v) is 8.37. The van der Waals surface area contributed by atoms with Crippen molar-refractivity contribution in [2.75, 3.05) is 7.11 Å². The smallest absolute Gasteiger partial charge is 0.311 e. The summed E-state index contributed by atoms with van der Waals surface area (Å²) >= 11 is 0. The molecular formula is C18H30O3. The fraction of sp³-hybridized carbons (Fsp3) is 0.944. The van der Waals surface area contributed by atoms with Gasteiger partial charge in [-0.25, -0.2) is 0 Å². The van der Waals surface area contributed by atoms with Gasteiger partial charge in [-0.15, -0.1) is 0 Å². The van der Waals surface area contributed by atoms with Crippen LogP contribution in [0, 0.1) is 28.6 Å². The Morgan fingerprint density at radius 3 is 2.62 bits per heavy atom. The molecule has 21 heavy (non-hydrogen) atoms. The van der Waals surface area contributed by atoms with E-state index < -0.39 is 0 Å². The average Bonchev–Trinajstić information content (AvgIpc) is 2.47. The molecule has 0 spiro atoms. The molecule has 3 aliphatic rings. The van der Waals surface area contributed by atoms with Crippen molar-refractivity contribution in [3.63, 3.8) is 0 Å². The number of ether oxygens (including phenoxy) is 1. The van der Waals surface area contributed by atoms with Gasteiger partial charge in [0.15, 0.2) is 0 Å². The van der Waals surface area contributed by atoms with Crippen molar-refractivity contribution in [1.82, 2.24) is 0 Å². The minimum Gasteiger partial charge on any atom is -0.469 e. The molecule has 3 saturated carbocycles. The quantitative estimate of drug-likeness (QED) is 0.752. The molecule has 3 rings (SSSR count). The molecule has 2 unspecified atom stereocenters. The van der Waals surface area contributed by atoms with Crippen molar-refractivity contribution in [2.24, 2.45) is 28.6 Å². The SMILES string of the molecule is COC(=O)[C@@]1(C)CCC2C(CC[C@H]3C[C@H](O)CC[C@]23C)C1. The number of fused-ring (bicyclic) bond motifs is 3. The Balaban J connectivity index is 1.78. The van der Waals surface area contributed by atoms with Gasteiger partial charge in [0.2, 0.25) is 0 Å². The Bertz CT molecular complexity index is 421. The molecule has 3 aliphatic carbocycles. The van der Waals surface area contributed by atoms with Crippen LogP contribution in [0.1, 0.15) is 65.2 Å². The Morgan fingerprint density at radius 1 is 1.14 bits per heavy atom. The number of aliphatic hydroxyl groups excluding tert-OH is 1. The Hall–Kier alpha value is -0.570. The molecule has 0 amide bonds. The second kappa shape index (κ2) is 5.26. The van der Waals surface area contributed by atoms with Gasteiger partial charge in [-0.3, -0.25) is 4.79 Å². The van der Waals surface area contributed by atoms with E-state index in [0.29, 0.717) is 17.3 Å². The van der Waals surface area contributed by atoms with Gasteiger partial charge >= 0.3 is 5.97 Å². The van der Waals surface area contributed by atoms with E-state index in [0.717, 1.165) is 44.4 Å². The van der Waals surface area contributed by atoms with Crippen molar-refractivity contribution in [3.8, 4) is 0 Å². The van der Waals surface area contributed by atoms with E-state index in [2.05, 4.69) is 13.8 Å². The molecule has 0 heterocycles. The maximum atomic E-state index is 12.1. The number of aliphatic hydroxyl groups is 1. The van der Waals surface area contributed by atoms with Gasteiger partial charge in [0.05, 0.1) is 18.6 Å². The number of methoxy groups -OCH3 is 1. The van der Waals surface area contributed by atoms with E-state index in [1.807, 2.05) is 0 Å². The summed E-state index contributed by atoms with van der Waals surface area (Å²) in [5.41, 5.74) is 0.118. The molecule has 0 aromatic carbocycles. The minimum atomic E-state index is -0.271. The summed E-state index contributed by atoms with van der Waals surface area (Å²) < 4.78 is 5.05. The van der Waals surface area contributed by atoms with E-state index in [-0.39, 0.29) is 17.5 Å². The van der Waals surface area contributed by atoms with E-state index in [1.165, 1.54) is 20.0 Å².